The molecule has 1 aliphatic heterocycles. The summed E-state index contributed by atoms with van der Waals surface area (Å²) in [5, 5.41) is 9.16. The van der Waals surface area contributed by atoms with E-state index in [1.807, 2.05) is 24.3 Å². The van der Waals surface area contributed by atoms with Gasteiger partial charge in [-0.3, -0.25) is 4.79 Å². The van der Waals surface area contributed by atoms with Gasteiger partial charge in [0, 0.05) is 0 Å². The van der Waals surface area contributed by atoms with Gasteiger partial charge in [0.2, 0.25) is 0 Å². The quantitative estimate of drug-likeness (QED) is 0.835. The van der Waals surface area contributed by atoms with Gasteiger partial charge in [-0.15, -0.1) is 0 Å². The van der Waals surface area contributed by atoms with Gasteiger partial charge in [-0.25, -0.2) is 0 Å². The predicted molar refractivity (Wildman–Crippen MR) is 57.6 cm³/mol. The molecular formula is C12H14O4. The van der Waals surface area contributed by atoms with Gasteiger partial charge in [0.15, 0.2) is 0 Å². The van der Waals surface area contributed by atoms with Crippen LogP contribution in [0.3, 0.4) is 0 Å². The van der Waals surface area contributed by atoms with Crippen molar-refractivity contribution in [1.29, 1.82) is 0 Å². The Balaban J connectivity index is 2.16. The number of hydrogen-bond donors (Lipinski definition) is 1. The maximum Gasteiger partial charge on any atom is 0.314 e. The van der Waals surface area contributed by atoms with E-state index in [1.165, 1.54) is 0 Å². The van der Waals surface area contributed by atoms with Crippen molar-refractivity contribution in [3.8, 4) is 5.75 Å². The van der Waals surface area contributed by atoms with Gasteiger partial charge in [0.05, 0.1) is 20.3 Å². The van der Waals surface area contributed by atoms with Crippen LogP contribution in [0.2, 0.25) is 0 Å². The summed E-state index contributed by atoms with van der Waals surface area (Å²) in [6.45, 7) is 0.582. The van der Waals surface area contributed by atoms with Crippen LogP contribution in [0, 0.1) is 5.41 Å². The molecule has 86 valence electrons. The lowest BCUT2D eigenvalue weighted by molar-refractivity contribution is -0.179. The minimum absolute atomic E-state index is 0.291. The summed E-state index contributed by atoms with van der Waals surface area (Å²) in [5.74, 6) is -0.0418. The molecule has 0 aliphatic carbocycles. The highest BCUT2D eigenvalue weighted by Crippen LogP contribution is 2.32. The maximum absolute atomic E-state index is 11.2. The molecule has 4 nitrogen and oxygen atoms in total. The van der Waals surface area contributed by atoms with E-state index in [9.17, 15) is 4.79 Å². The number of rotatable bonds is 4. The number of benzene rings is 1. The molecule has 1 saturated heterocycles. The van der Waals surface area contributed by atoms with E-state index in [2.05, 4.69) is 0 Å². The summed E-state index contributed by atoms with van der Waals surface area (Å²) < 4.78 is 10.1. The van der Waals surface area contributed by atoms with Crippen molar-refractivity contribution in [2.45, 2.75) is 6.42 Å². The van der Waals surface area contributed by atoms with Crippen LogP contribution in [0.15, 0.2) is 24.3 Å². The molecule has 0 bridgehead atoms. The average molecular weight is 222 g/mol. The molecule has 0 atom stereocenters. The highest BCUT2D eigenvalue weighted by Gasteiger charge is 2.46. The Bertz CT molecular complexity index is 396. The van der Waals surface area contributed by atoms with Gasteiger partial charge in [0.25, 0.3) is 0 Å². The maximum atomic E-state index is 11.2. The first-order chi connectivity index (χ1) is 7.66. The largest absolute Gasteiger partial charge is 0.497 e. The number of carboxylic acids is 1. The fraction of sp³-hybridized carbons (Fsp3) is 0.417. The highest BCUT2D eigenvalue weighted by atomic mass is 16.5. The lowest BCUT2D eigenvalue weighted by atomic mass is 9.80. The Kier molecular flexibility index (Phi) is 2.83. The Morgan fingerprint density at radius 1 is 1.56 bits per heavy atom. The normalized spacial score (nSPS) is 17.6. The fourth-order valence-corrected chi connectivity index (χ4v) is 1.82. The summed E-state index contributed by atoms with van der Waals surface area (Å²) >= 11 is 0. The summed E-state index contributed by atoms with van der Waals surface area (Å²) in [6, 6.07) is 7.48. The summed E-state index contributed by atoms with van der Waals surface area (Å²) in [5.41, 5.74) is 0.219. The van der Waals surface area contributed by atoms with E-state index in [0.717, 1.165) is 11.3 Å². The molecule has 0 aromatic heterocycles. The molecule has 0 spiro atoms. The van der Waals surface area contributed by atoms with E-state index in [1.54, 1.807) is 7.11 Å². The molecule has 16 heavy (non-hydrogen) atoms. The Labute approximate surface area is 93.8 Å². The van der Waals surface area contributed by atoms with Crippen LogP contribution in [0.5, 0.6) is 5.75 Å². The molecule has 1 heterocycles. The van der Waals surface area contributed by atoms with Crippen molar-refractivity contribution >= 4 is 5.97 Å². The van der Waals surface area contributed by atoms with Crippen LogP contribution >= 0.6 is 0 Å². The number of hydrogen-bond acceptors (Lipinski definition) is 3. The van der Waals surface area contributed by atoms with Crippen molar-refractivity contribution < 1.29 is 19.4 Å². The van der Waals surface area contributed by atoms with E-state index < -0.39 is 11.4 Å². The molecule has 2 rings (SSSR count). The molecule has 1 aromatic rings. The van der Waals surface area contributed by atoms with E-state index >= 15 is 0 Å². The van der Waals surface area contributed by atoms with Gasteiger partial charge in [-0.2, -0.15) is 0 Å². The van der Waals surface area contributed by atoms with Gasteiger partial charge in [-0.1, -0.05) is 12.1 Å². The molecule has 0 amide bonds. The predicted octanol–water partition coefficient (Wildman–Crippen LogP) is 1.34. The van der Waals surface area contributed by atoms with Crippen LogP contribution in [0.4, 0.5) is 0 Å². The zero-order chi connectivity index (χ0) is 11.6. The van der Waals surface area contributed by atoms with Crippen molar-refractivity contribution in [2.24, 2.45) is 5.41 Å². The van der Waals surface area contributed by atoms with Crippen molar-refractivity contribution in [3.05, 3.63) is 29.8 Å². The molecule has 0 radical (unpaired) electrons. The lowest BCUT2D eigenvalue weighted by Gasteiger charge is -2.37. The summed E-state index contributed by atoms with van der Waals surface area (Å²) in [6.07, 6.45) is 0.486. The van der Waals surface area contributed by atoms with Crippen LogP contribution < -0.4 is 4.74 Å². The number of methoxy groups -OCH3 is 1. The molecule has 0 saturated carbocycles. The third kappa shape index (κ3) is 1.88. The third-order valence-electron chi connectivity index (χ3n) is 2.89. The molecule has 4 heteroatoms. The van der Waals surface area contributed by atoms with Gasteiger partial charge in [-0.05, 0) is 24.1 Å². The van der Waals surface area contributed by atoms with Gasteiger partial charge in [0.1, 0.15) is 11.2 Å². The van der Waals surface area contributed by atoms with Crippen molar-refractivity contribution in [2.75, 3.05) is 20.3 Å². The monoisotopic (exact) mass is 222 g/mol. The van der Waals surface area contributed by atoms with Crippen LogP contribution in [0.1, 0.15) is 5.56 Å². The molecule has 1 fully saturated rings. The molecular weight excluding hydrogens is 208 g/mol. The van der Waals surface area contributed by atoms with Crippen molar-refractivity contribution in [1.82, 2.24) is 0 Å². The standard InChI is InChI=1S/C12H14O4/c1-15-10-4-2-3-9(5-10)6-12(11(13)14)7-16-8-12/h2-5H,6-8H2,1H3,(H,13,14). The van der Waals surface area contributed by atoms with Crippen molar-refractivity contribution in [3.63, 3.8) is 0 Å². The van der Waals surface area contributed by atoms with Crippen LogP contribution in [0.25, 0.3) is 0 Å². The van der Waals surface area contributed by atoms with E-state index in [0.29, 0.717) is 19.6 Å². The topological polar surface area (TPSA) is 55.8 Å². The van der Waals surface area contributed by atoms with Crippen LogP contribution in [-0.4, -0.2) is 31.4 Å². The average Bonchev–Trinajstić information content (AvgIpc) is 2.23. The van der Waals surface area contributed by atoms with E-state index in [-0.39, 0.29) is 0 Å². The molecule has 1 aromatic carbocycles. The Morgan fingerprint density at radius 3 is 2.81 bits per heavy atom. The number of carboxylic acid groups (broad SMARTS) is 1. The second-order valence-corrected chi connectivity index (χ2v) is 4.11. The third-order valence-corrected chi connectivity index (χ3v) is 2.89. The summed E-state index contributed by atoms with van der Waals surface area (Å²) in [4.78, 5) is 11.2. The SMILES string of the molecule is COc1cccc(CC2(C(=O)O)COC2)c1. The minimum atomic E-state index is -0.790. The molecule has 1 aliphatic rings. The highest BCUT2D eigenvalue weighted by molar-refractivity contribution is 5.76. The molecule has 0 unspecified atom stereocenters. The molecule has 1 N–H and O–H groups in total. The number of aliphatic carboxylic acids is 1. The minimum Gasteiger partial charge on any atom is -0.497 e. The first-order valence-electron chi connectivity index (χ1n) is 5.10. The Hall–Kier alpha value is -1.55. The Morgan fingerprint density at radius 2 is 2.31 bits per heavy atom. The zero-order valence-electron chi connectivity index (χ0n) is 9.10. The zero-order valence-corrected chi connectivity index (χ0v) is 9.10. The summed E-state index contributed by atoms with van der Waals surface area (Å²) in [7, 11) is 1.60. The second-order valence-electron chi connectivity index (χ2n) is 4.11. The van der Waals surface area contributed by atoms with E-state index in [4.69, 9.17) is 14.6 Å². The number of ether oxygens (including phenoxy) is 2. The smallest absolute Gasteiger partial charge is 0.314 e. The number of carbonyl (C=O) groups is 1. The lowest BCUT2D eigenvalue weighted by Crippen LogP contribution is -2.50. The first kappa shape index (κ1) is 11.0. The van der Waals surface area contributed by atoms with Gasteiger partial charge >= 0.3 is 5.97 Å². The van der Waals surface area contributed by atoms with Crippen LogP contribution in [-0.2, 0) is 16.0 Å². The second kappa shape index (κ2) is 4.14. The first-order valence-corrected chi connectivity index (χ1v) is 5.10. The fourth-order valence-electron chi connectivity index (χ4n) is 1.82. The van der Waals surface area contributed by atoms with Gasteiger partial charge < -0.3 is 14.6 Å².